The van der Waals surface area contributed by atoms with Gasteiger partial charge in [0.15, 0.2) is 11.7 Å². The number of nitrogens with one attached hydrogen (secondary N) is 1. The second-order valence-corrected chi connectivity index (χ2v) is 8.03. The molecule has 5 rings (SSSR count). The summed E-state index contributed by atoms with van der Waals surface area (Å²) in [7, 11) is 0. The van der Waals surface area contributed by atoms with Crippen molar-refractivity contribution in [1.29, 1.82) is 0 Å². The van der Waals surface area contributed by atoms with Crippen molar-refractivity contribution in [1.82, 2.24) is 9.97 Å². The van der Waals surface area contributed by atoms with E-state index in [9.17, 15) is 9.59 Å². The molecule has 0 bridgehead atoms. The highest BCUT2D eigenvalue weighted by Crippen LogP contribution is 2.33. The lowest BCUT2D eigenvalue weighted by Crippen LogP contribution is -2.30. The summed E-state index contributed by atoms with van der Waals surface area (Å²) in [5.41, 5.74) is 2.33. The maximum Gasteiger partial charge on any atom is 0.339 e. The first-order chi connectivity index (χ1) is 16.5. The summed E-state index contributed by atoms with van der Waals surface area (Å²) in [5, 5.41) is 4.50. The first-order valence-electron chi connectivity index (χ1n) is 10.5. The molecule has 2 aromatic heterocycles. The molecule has 0 aliphatic carbocycles. The molecule has 1 atom stereocenters. The van der Waals surface area contributed by atoms with Gasteiger partial charge in [-0.2, -0.15) is 0 Å². The van der Waals surface area contributed by atoms with Crippen LogP contribution in [0.2, 0.25) is 5.02 Å². The van der Waals surface area contributed by atoms with E-state index in [4.69, 9.17) is 20.8 Å². The van der Waals surface area contributed by atoms with Gasteiger partial charge >= 0.3 is 5.97 Å². The molecule has 0 aliphatic heterocycles. The molecule has 0 radical (unpaired) electrons. The van der Waals surface area contributed by atoms with Crippen LogP contribution in [-0.2, 0) is 9.53 Å². The second-order valence-electron chi connectivity index (χ2n) is 7.59. The maximum absolute atomic E-state index is 13.1. The molecule has 1 unspecified atom stereocenters. The van der Waals surface area contributed by atoms with E-state index < -0.39 is 18.0 Å². The second kappa shape index (κ2) is 8.96. The van der Waals surface area contributed by atoms with Crippen molar-refractivity contribution in [2.24, 2.45) is 0 Å². The Labute approximate surface area is 199 Å². The number of ether oxygens (including phenoxy) is 1. The summed E-state index contributed by atoms with van der Waals surface area (Å²) in [5.74, 6) is -0.448. The van der Waals surface area contributed by atoms with Gasteiger partial charge in [-0.25, -0.2) is 14.8 Å². The van der Waals surface area contributed by atoms with Crippen molar-refractivity contribution < 1.29 is 18.7 Å². The molecule has 0 saturated heterocycles. The number of hydrogen-bond donors (Lipinski definition) is 1. The number of para-hydroxylation sites is 2. The molecule has 0 aliphatic rings. The Bertz CT molecular complexity index is 1490. The molecule has 7 nitrogen and oxygen atoms in total. The van der Waals surface area contributed by atoms with Crippen molar-refractivity contribution >= 4 is 51.2 Å². The molecule has 3 aromatic carbocycles. The summed E-state index contributed by atoms with van der Waals surface area (Å²) in [6.45, 7) is 1.50. The van der Waals surface area contributed by atoms with Gasteiger partial charge in [-0.05, 0) is 48.7 Å². The van der Waals surface area contributed by atoms with Crippen molar-refractivity contribution in [3.63, 3.8) is 0 Å². The van der Waals surface area contributed by atoms with Crippen LogP contribution in [0.3, 0.4) is 0 Å². The number of amides is 1. The molecule has 1 N–H and O–H groups in total. The highest BCUT2D eigenvalue weighted by molar-refractivity contribution is 6.30. The lowest BCUT2D eigenvalue weighted by Gasteiger charge is -2.15. The van der Waals surface area contributed by atoms with Crippen LogP contribution in [0.15, 0.2) is 83.4 Å². The smallest absolute Gasteiger partial charge is 0.339 e. The fourth-order valence-electron chi connectivity index (χ4n) is 3.63. The Kier molecular flexibility index (Phi) is 5.69. The normalized spacial score (nSPS) is 11.9. The summed E-state index contributed by atoms with van der Waals surface area (Å²) in [4.78, 5) is 34.3. The molecule has 0 spiro atoms. The van der Waals surface area contributed by atoms with Crippen LogP contribution in [0, 0.1) is 0 Å². The number of benzene rings is 3. The van der Waals surface area contributed by atoms with Crippen molar-refractivity contribution in [3.8, 4) is 11.5 Å². The molecule has 168 valence electrons. The molecule has 0 saturated carbocycles. The third kappa shape index (κ3) is 4.21. The van der Waals surface area contributed by atoms with Gasteiger partial charge in [0.1, 0.15) is 11.3 Å². The number of anilines is 1. The molecular formula is C26H18ClN3O4. The zero-order valence-electron chi connectivity index (χ0n) is 18.0. The zero-order chi connectivity index (χ0) is 23.7. The number of nitrogens with zero attached hydrogens (tertiary/aromatic N) is 2. The first kappa shape index (κ1) is 21.6. The number of aromatic nitrogens is 2. The van der Waals surface area contributed by atoms with E-state index in [0.717, 1.165) is 10.9 Å². The Morgan fingerprint density at radius 1 is 1.00 bits per heavy atom. The largest absolute Gasteiger partial charge is 0.449 e. The van der Waals surface area contributed by atoms with Gasteiger partial charge in [0.2, 0.25) is 5.89 Å². The monoisotopic (exact) mass is 471 g/mol. The van der Waals surface area contributed by atoms with Gasteiger partial charge < -0.3 is 14.5 Å². The fraction of sp³-hybridized carbons (Fsp3) is 0.0769. The Balaban J connectivity index is 1.45. The van der Waals surface area contributed by atoms with Crippen LogP contribution in [0.4, 0.5) is 5.82 Å². The highest BCUT2D eigenvalue weighted by atomic mass is 35.5. The van der Waals surface area contributed by atoms with Gasteiger partial charge in [-0.1, -0.05) is 48.0 Å². The highest BCUT2D eigenvalue weighted by Gasteiger charge is 2.23. The van der Waals surface area contributed by atoms with E-state index >= 15 is 0 Å². The molecule has 2 heterocycles. The van der Waals surface area contributed by atoms with E-state index in [1.54, 1.807) is 24.3 Å². The SMILES string of the molecule is CC(OC(=O)c1cccc2cccc(-c3nc4ccccc4o3)c12)C(=O)Nc1ccc(Cl)cn1. The molecule has 34 heavy (non-hydrogen) atoms. The predicted molar refractivity (Wildman–Crippen MR) is 130 cm³/mol. The average Bonchev–Trinajstić information content (AvgIpc) is 3.28. The van der Waals surface area contributed by atoms with Gasteiger partial charge in [0.25, 0.3) is 5.91 Å². The maximum atomic E-state index is 13.1. The van der Waals surface area contributed by atoms with Crippen LogP contribution in [0.5, 0.6) is 0 Å². The van der Waals surface area contributed by atoms with E-state index in [2.05, 4.69) is 15.3 Å². The molecule has 8 heteroatoms. The van der Waals surface area contributed by atoms with Crippen LogP contribution in [-0.4, -0.2) is 27.9 Å². The van der Waals surface area contributed by atoms with Crippen LogP contribution in [0.1, 0.15) is 17.3 Å². The standard InChI is InChI=1S/C26H18ClN3O4/c1-15(24(31)30-22-13-12-17(27)14-28-22)33-26(32)19-9-5-7-16-6-4-8-18(23(16)19)25-29-20-10-2-3-11-21(20)34-25/h2-15H,1H3,(H,28,30,31). The summed E-state index contributed by atoms with van der Waals surface area (Å²) >= 11 is 5.82. The summed E-state index contributed by atoms with van der Waals surface area (Å²) in [6, 6.07) is 21.5. The molecular weight excluding hydrogens is 454 g/mol. The Hall–Kier alpha value is -4.23. The van der Waals surface area contributed by atoms with Crippen LogP contribution < -0.4 is 5.32 Å². The van der Waals surface area contributed by atoms with Gasteiger partial charge in [-0.15, -0.1) is 0 Å². The number of hydrogen-bond acceptors (Lipinski definition) is 6. The summed E-state index contributed by atoms with van der Waals surface area (Å²) in [6.07, 6.45) is 0.356. The van der Waals surface area contributed by atoms with E-state index in [0.29, 0.717) is 38.8 Å². The first-order valence-corrected chi connectivity index (χ1v) is 10.9. The van der Waals surface area contributed by atoms with E-state index in [1.807, 2.05) is 48.5 Å². The topological polar surface area (TPSA) is 94.3 Å². The van der Waals surface area contributed by atoms with Gasteiger partial charge in [-0.3, -0.25) is 4.79 Å². The zero-order valence-corrected chi connectivity index (χ0v) is 18.7. The molecule has 0 fully saturated rings. The third-order valence-electron chi connectivity index (χ3n) is 5.28. The predicted octanol–water partition coefficient (Wildman–Crippen LogP) is 5.88. The number of rotatable bonds is 5. The van der Waals surface area contributed by atoms with Crippen LogP contribution >= 0.6 is 11.6 Å². The minimum absolute atomic E-state index is 0.305. The number of pyridine rings is 1. The number of carbonyl (C=O) groups excluding carboxylic acids is 2. The van der Waals surface area contributed by atoms with Crippen molar-refractivity contribution in [2.75, 3.05) is 5.32 Å². The van der Waals surface area contributed by atoms with Crippen molar-refractivity contribution in [2.45, 2.75) is 13.0 Å². The lowest BCUT2D eigenvalue weighted by atomic mass is 9.99. The number of carbonyl (C=O) groups is 2. The number of esters is 1. The van der Waals surface area contributed by atoms with Gasteiger partial charge in [0, 0.05) is 17.1 Å². The lowest BCUT2D eigenvalue weighted by molar-refractivity contribution is -0.123. The van der Waals surface area contributed by atoms with E-state index in [1.165, 1.54) is 13.1 Å². The third-order valence-corrected chi connectivity index (χ3v) is 5.50. The van der Waals surface area contributed by atoms with Crippen molar-refractivity contribution in [3.05, 3.63) is 89.6 Å². The Morgan fingerprint density at radius 2 is 1.79 bits per heavy atom. The number of fused-ring (bicyclic) bond motifs is 2. The average molecular weight is 472 g/mol. The fourth-order valence-corrected chi connectivity index (χ4v) is 3.74. The van der Waals surface area contributed by atoms with Crippen LogP contribution in [0.25, 0.3) is 33.3 Å². The molecule has 1 amide bonds. The number of halogens is 1. The summed E-state index contributed by atoms with van der Waals surface area (Å²) < 4.78 is 11.4. The number of oxazole rings is 1. The van der Waals surface area contributed by atoms with Gasteiger partial charge in [0.05, 0.1) is 10.6 Å². The quantitative estimate of drug-likeness (QED) is 0.322. The van der Waals surface area contributed by atoms with E-state index in [-0.39, 0.29) is 0 Å². The minimum Gasteiger partial charge on any atom is -0.449 e. The molecule has 5 aromatic rings. The minimum atomic E-state index is -1.06. The Morgan fingerprint density at radius 3 is 2.56 bits per heavy atom.